The number of rotatable bonds is 3. The fraction of sp³-hybridized carbons (Fsp3) is 0.500. The normalized spacial score (nSPS) is 22.0. The molecule has 1 saturated heterocycles. The average Bonchev–Trinajstić information content (AvgIpc) is 2.39. The molecule has 0 bridgehead atoms. The molecule has 100 valence electrons. The van der Waals surface area contributed by atoms with E-state index in [1.54, 1.807) is 0 Å². The molecule has 0 aromatic carbocycles. The maximum absolute atomic E-state index is 13.5. The summed E-state index contributed by atoms with van der Waals surface area (Å²) in [5, 5.41) is 8.37. The zero-order valence-electron chi connectivity index (χ0n) is 9.49. The molecule has 1 aliphatic heterocycles. The predicted molar refractivity (Wildman–Crippen MR) is 59.8 cm³/mol. The minimum absolute atomic E-state index is 0.00511. The Hall–Kier alpha value is -1.09. The third-order valence-corrected chi connectivity index (χ3v) is 4.41. The summed E-state index contributed by atoms with van der Waals surface area (Å²) >= 11 is 0. The van der Waals surface area contributed by atoms with E-state index in [0.29, 0.717) is 0 Å². The quantitative estimate of drug-likeness (QED) is 0.813. The molecule has 1 atom stereocenters. The van der Waals surface area contributed by atoms with Crippen molar-refractivity contribution in [3.63, 3.8) is 0 Å². The van der Waals surface area contributed by atoms with Crippen molar-refractivity contribution in [2.45, 2.75) is 11.1 Å². The molecule has 1 aromatic heterocycles. The summed E-state index contributed by atoms with van der Waals surface area (Å²) in [6.07, 6.45) is 0.639. The number of halogens is 1. The predicted octanol–water partition coefficient (Wildman–Crippen LogP) is -0.397. The summed E-state index contributed by atoms with van der Waals surface area (Å²) in [5.41, 5.74) is 0. The molecule has 1 unspecified atom stereocenters. The van der Waals surface area contributed by atoms with Gasteiger partial charge in [-0.25, -0.2) is 17.8 Å². The molecule has 0 amide bonds. The van der Waals surface area contributed by atoms with Gasteiger partial charge in [-0.05, 0) is 12.1 Å². The first-order valence-electron chi connectivity index (χ1n) is 5.39. The average molecular weight is 276 g/mol. The van der Waals surface area contributed by atoms with E-state index < -0.39 is 27.0 Å². The first kappa shape index (κ1) is 13.3. The Balaban J connectivity index is 2.29. The highest BCUT2D eigenvalue weighted by Gasteiger charge is 2.33. The summed E-state index contributed by atoms with van der Waals surface area (Å²) in [6, 6.07) is 2.37. The number of morpholine rings is 1. The van der Waals surface area contributed by atoms with Crippen molar-refractivity contribution in [1.29, 1.82) is 0 Å². The van der Waals surface area contributed by atoms with E-state index in [4.69, 9.17) is 9.84 Å². The number of aliphatic hydroxyl groups is 1. The SMILES string of the molecule is O=S(=O)(c1ncccc1F)N1CCOC(CO)C1. The van der Waals surface area contributed by atoms with Crippen molar-refractivity contribution in [3.05, 3.63) is 24.1 Å². The molecule has 8 heteroatoms. The van der Waals surface area contributed by atoms with Gasteiger partial charge in [0.05, 0.1) is 19.3 Å². The Kier molecular flexibility index (Phi) is 3.91. The van der Waals surface area contributed by atoms with Gasteiger partial charge in [0.1, 0.15) is 0 Å². The third kappa shape index (κ3) is 2.51. The number of pyridine rings is 1. The van der Waals surface area contributed by atoms with Crippen molar-refractivity contribution < 1.29 is 22.7 Å². The van der Waals surface area contributed by atoms with Crippen LogP contribution >= 0.6 is 0 Å². The van der Waals surface area contributed by atoms with Crippen LogP contribution in [0, 0.1) is 5.82 Å². The molecule has 1 N–H and O–H groups in total. The van der Waals surface area contributed by atoms with Crippen LogP contribution in [-0.2, 0) is 14.8 Å². The number of aromatic nitrogens is 1. The van der Waals surface area contributed by atoms with E-state index in [-0.39, 0.29) is 26.3 Å². The van der Waals surface area contributed by atoms with E-state index in [0.717, 1.165) is 10.4 Å². The van der Waals surface area contributed by atoms with Crippen LogP contribution in [0.15, 0.2) is 23.4 Å². The van der Waals surface area contributed by atoms with Gasteiger partial charge >= 0.3 is 0 Å². The van der Waals surface area contributed by atoms with Gasteiger partial charge in [-0.3, -0.25) is 0 Å². The fourth-order valence-electron chi connectivity index (χ4n) is 1.70. The molecular weight excluding hydrogens is 263 g/mol. The molecule has 0 aliphatic carbocycles. The van der Waals surface area contributed by atoms with Crippen LogP contribution in [0.4, 0.5) is 4.39 Å². The van der Waals surface area contributed by atoms with Gasteiger partial charge in [0.2, 0.25) is 5.03 Å². The standard InChI is InChI=1S/C10H13FN2O4S/c11-9-2-1-3-12-10(9)18(15,16)13-4-5-17-8(6-13)7-14/h1-3,8,14H,4-7H2. The lowest BCUT2D eigenvalue weighted by molar-refractivity contribution is -0.0305. The van der Waals surface area contributed by atoms with Crippen LogP contribution in [-0.4, -0.2) is 55.2 Å². The van der Waals surface area contributed by atoms with Crippen molar-refractivity contribution in [2.24, 2.45) is 0 Å². The Labute approximate surface area is 104 Å². The van der Waals surface area contributed by atoms with Crippen molar-refractivity contribution >= 4 is 10.0 Å². The number of hydrogen-bond acceptors (Lipinski definition) is 5. The van der Waals surface area contributed by atoms with Gasteiger partial charge in [0, 0.05) is 19.3 Å². The molecule has 2 heterocycles. The highest BCUT2D eigenvalue weighted by atomic mass is 32.2. The Morgan fingerprint density at radius 2 is 2.39 bits per heavy atom. The lowest BCUT2D eigenvalue weighted by Gasteiger charge is -2.30. The first-order valence-corrected chi connectivity index (χ1v) is 6.83. The largest absolute Gasteiger partial charge is 0.394 e. The van der Waals surface area contributed by atoms with E-state index in [1.807, 2.05) is 0 Å². The van der Waals surface area contributed by atoms with Crippen LogP contribution in [0.3, 0.4) is 0 Å². The second kappa shape index (κ2) is 5.27. The summed E-state index contributed by atoms with van der Waals surface area (Å²) < 4.78 is 44.0. The zero-order valence-corrected chi connectivity index (χ0v) is 10.3. The second-order valence-corrected chi connectivity index (χ2v) is 5.68. The highest BCUT2D eigenvalue weighted by Crippen LogP contribution is 2.19. The van der Waals surface area contributed by atoms with Crippen molar-refractivity contribution in [3.8, 4) is 0 Å². The highest BCUT2D eigenvalue weighted by molar-refractivity contribution is 7.89. The van der Waals surface area contributed by atoms with E-state index in [9.17, 15) is 12.8 Å². The van der Waals surface area contributed by atoms with Gasteiger partial charge in [-0.15, -0.1) is 0 Å². The van der Waals surface area contributed by atoms with Gasteiger partial charge in [0.15, 0.2) is 5.82 Å². The maximum atomic E-state index is 13.5. The van der Waals surface area contributed by atoms with E-state index in [2.05, 4.69) is 4.98 Å². The molecule has 1 aromatic rings. The van der Waals surface area contributed by atoms with Crippen LogP contribution in [0.1, 0.15) is 0 Å². The minimum Gasteiger partial charge on any atom is -0.394 e. The van der Waals surface area contributed by atoms with Crippen LogP contribution in [0.25, 0.3) is 0 Å². The second-order valence-electron chi connectivity index (χ2n) is 3.83. The summed E-state index contributed by atoms with van der Waals surface area (Å²) in [5.74, 6) is -0.885. The van der Waals surface area contributed by atoms with Crippen LogP contribution in [0.5, 0.6) is 0 Å². The summed E-state index contributed by atoms with van der Waals surface area (Å²) in [6.45, 7) is -0.000670. The Morgan fingerprint density at radius 3 is 3.06 bits per heavy atom. The first-order chi connectivity index (χ1) is 8.55. The molecule has 0 radical (unpaired) electrons. The molecule has 1 fully saturated rings. The van der Waals surface area contributed by atoms with Gasteiger partial charge < -0.3 is 9.84 Å². The smallest absolute Gasteiger partial charge is 0.263 e. The minimum atomic E-state index is -3.98. The number of aliphatic hydroxyl groups excluding tert-OH is 1. The third-order valence-electron chi connectivity index (χ3n) is 2.61. The van der Waals surface area contributed by atoms with E-state index >= 15 is 0 Å². The molecule has 0 spiro atoms. The molecule has 0 saturated carbocycles. The molecular formula is C10H13FN2O4S. The van der Waals surface area contributed by atoms with Crippen LogP contribution < -0.4 is 0 Å². The maximum Gasteiger partial charge on any atom is 0.263 e. The Morgan fingerprint density at radius 1 is 1.61 bits per heavy atom. The van der Waals surface area contributed by atoms with Crippen molar-refractivity contribution in [2.75, 3.05) is 26.3 Å². The van der Waals surface area contributed by atoms with E-state index in [1.165, 1.54) is 12.3 Å². The molecule has 18 heavy (non-hydrogen) atoms. The fourth-order valence-corrected chi connectivity index (χ4v) is 3.13. The Bertz CT molecular complexity index is 522. The van der Waals surface area contributed by atoms with Crippen LogP contribution in [0.2, 0.25) is 0 Å². The summed E-state index contributed by atoms with van der Waals surface area (Å²) in [4.78, 5) is 3.57. The molecule has 6 nitrogen and oxygen atoms in total. The van der Waals surface area contributed by atoms with Gasteiger partial charge in [-0.1, -0.05) is 0 Å². The number of ether oxygens (including phenoxy) is 1. The number of nitrogens with zero attached hydrogens (tertiary/aromatic N) is 2. The topological polar surface area (TPSA) is 79.7 Å². The van der Waals surface area contributed by atoms with Gasteiger partial charge in [-0.2, -0.15) is 4.31 Å². The number of sulfonamides is 1. The molecule has 2 rings (SSSR count). The van der Waals surface area contributed by atoms with Gasteiger partial charge in [0.25, 0.3) is 10.0 Å². The zero-order chi connectivity index (χ0) is 13.2. The lowest BCUT2D eigenvalue weighted by Crippen LogP contribution is -2.47. The molecule has 1 aliphatic rings. The van der Waals surface area contributed by atoms with Crippen molar-refractivity contribution in [1.82, 2.24) is 9.29 Å². The summed E-state index contributed by atoms with van der Waals surface area (Å²) in [7, 11) is -3.98. The monoisotopic (exact) mass is 276 g/mol. The number of hydrogen-bond donors (Lipinski definition) is 1. The lowest BCUT2D eigenvalue weighted by atomic mass is 10.3.